The van der Waals surface area contributed by atoms with E-state index in [0.717, 1.165) is 12.8 Å². The van der Waals surface area contributed by atoms with Crippen LogP contribution in [0.25, 0.3) is 0 Å². The minimum absolute atomic E-state index is 1.13. The van der Waals surface area contributed by atoms with Crippen LogP contribution < -0.4 is 0 Å². The van der Waals surface area contributed by atoms with Gasteiger partial charge in [-0.2, -0.15) is 0 Å². The van der Waals surface area contributed by atoms with Crippen LogP contribution in [-0.2, 0) is 0 Å². The van der Waals surface area contributed by atoms with Crippen molar-refractivity contribution in [3.05, 3.63) is 38.2 Å². The summed E-state index contributed by atoms with van der Waals surface area (Å²) in [6.45, 7) is 7.19. The first-order valence-corrected chi connectivity index (χ1v) is 3.30. The van der Waals surface area contributed by atoms with Gasteiger partial charge in [-0.3, -0.25) is 0 Å². The largest absolute Gasteiger partial charge is 0.0885 e. The van der Waals surface area contributed by atoms with Crippen LogP contribution in [0, 0.1) is 13.8 Å². The molecule has 0 aliphatic rings. The van der Waals surface area contributed by atoms with E-state index in [9.17, 15) is 0 Å². The Morgan fingerprint density at radius 3 is 1.67 bits per heavy atom. The maximum Gasteiger partial charge on any atom is -0.0316 e. The molecule has 0 N–H and O–H groups in total. The zero-order chi connectivity index (χ0) is 6.95. The highest BCUT2D eigenvalue weighted by Gasteiger charge is 1.76. The van der Waals surface area contributed by atoms with Gasteiger partial charge in [-0.05, 0) is 33.1 Å². The summed E-state index contributed by atoms with van der Waals surface area (Å²) in [6, 6.07) is 0. The Bertz CT molecular complexity index is 76.2. The first-order chi connectivity index (χ1) is 4.41. The summed E-state index contributed by atoms with van der Waals surface area (Å²) < 4.78 is 0. The van der Waals surface area contributed by atoms with Crippen LogP contribution in [0.5, 0.6) is 0 Å². The molecule has 2 radical (unpaired) electrons. The lowest BCUT2D eigenvalue weighted by Gasteiger charge is -1.86. The van der Waals surface area contributed by atoms with E-state index in [0.29, 0.717) is 0 Å². The summed E-state index contributed by atoms with van der Waals surface area (Å²) in [6.07, 6.45) is 11.3. The van der Waals surface area contributed by atoms with Crippen molar-refractivity contribution in [1.82, 2.24) is 0 Å². The normalized spacial score (nSPS) is 11.8. The number of hydrogen-bond acceptors (Lipinski definition) is 0. The van der Waals surface area contributed by atoms with Crippen LogP contribution in [0.15, 0.2) is 24.3 Å². The van der Waals surface area contributed by atoms with E-state index in [1.54, 1.807) is 0 Å². The Balaban J connectivity index is 2.91. The fraction of sp³-hybridized carbons (Fsp3) is 0.333. The second-order valence-corrected chi connectivity index (χ2v) is 1.87. The summed E-state index contributed by atoms with van der Waals surface area (Å²) in [7, 11) is 0. The van der Waals surface area contributed by atoms with Crippen molar-refractivity contribution in [3.63, 3.8) is 0 Å². The summed E-state index contributed by atoms with van der Waals surface area (Å²) in [4.78, 5) is 0. The highest BCUT2D eigenvalue weighted by molar-refractivity contribution is 4.87. The summed E-state index contributed by atoms with van der Waals surface area (Å²) >= 11 is 0. The van der Waals surface area contributed by atoms with Crippen molar-refractivity contribution in [3.8, 4) is 0 Å². The third-order valence-electron chi connectivity index (χ3n) is 1.07. The van der Waals surface area contributed by atoms with Gasteiger partial charge in [-0.25, -0.2) is 0 Å². The van der Waals surface area contributed by atoms with Crippen LogP contribution in [0.1, 0.15) is 19.3 Å². The molecule has 0 aromatic carbocycles. The molecule has 50 valence electrons. The minimum atomic E-state index is 1.13. The average molecular weight is 122 g/mol. The van der Waals surface area contributed by atoms with E-state index in [4.69, 9.17) is 0 Å². The third kappa shape index (κ3) is 7.48. The van der Waals surface area contributed by atoms with Crippen LogP contribution >= 0.6 is 0 Å². The average Bonchev–Trinajstić information content (AvgIpc) is 1.89. The second-order valence-electron chi connectivity index (χ2n) is 1.87. The van der Waals surface area contributed by atoms with Crippen molar-refractivity contribution < 1.29 is 0 Å². The van der Waals surface area contributed by atoms with Gasteiger partial charge < -0.3 is 0 Å². The Hall–Kier alpha value is -0.520. The predicted octanol–water partition coefficient (Wildman–Crippen LogP) is 2.94. The summed E-state index contributed by atoms with van der Waals surface area (Å²) in [5.74, 6) is 0. The first-order valence-electron chi connectivity index (χ1n) is 3.30. The molecule has 0 heterocycles. The van der Waals surface area contributed by atoms with Crippen molar-refractivity contribution in [2.24, 2.45) is 0 Å². The van der Waals surface area contributed by atoms with Gasteiger partial charge in [0.15, 0.2) is 0 Å². The lowest BCUT2D eigenvalue weighted by Crippen LogP contribution is -1.66. The van der Waals surface area contributed by atoms with Crippen LogP contribution in [0.3, 0.4) is 0 Å². The van der Waals surface area contributed by atoms with E-state index in [-0.39, 0.29) is 0 Å². The van der Waals surface area contributed by atoms with Gasteiger partial charge in [0, 0.05) is 0 Å². The smallest absolute Gasteiger partial charge is 0.0316 e. The van der Waals surface area contributed by atoms with Crippen molar-refractivity contribution in [1.29, 1.82) is 0 Å². The zero-order valence-electron chi connectivity index (χ0n) is 5.84. The van der Waals surface area contributed by atoms with Crippen molar-refractivity contribution in [2.75, 3.05) is 0 Å². The quantitative estimate of drug-likeness (QED) is 0.503. The molecule has 0 nitrogen and oxygen atoms in total. The molecule has 0 unspecified atom stereocenters. The molecule has 0 atom stereocenters. The molecular formula is C9H14. The molecule has 9 heavy (non-hydrogen) atoms. The maximum absolute atomic E-state index is 3.59. The van der Waals surface area contributed by atoms with E-state index in [1.807, 2.05) is 12.2 Å². The predicted molar refractivity (Wildman–Crippen MR) is 42.8 cm³/mol. The summed E-state index contributed by atoms with van der Waals surface area (Å²) in [5.41, 5.74) is 0. The van der Waals surface area contributed by atoms with Gasteiger partial charge in [-0.15, -0.1) is 0 Å². The van der Waals surface area contributed by atoms with Crippen LogP contribution in [-0.4, -0.2) is 0 Å². The van der Waals surface area contributed by atoms with E-state index in [1.165, 1.54) is 6.42 Å². The zero-order valence-corrected chi connectivity index (χ0v) is 5.84. The topological polar surface area (TPSA) is 0 Å². The molecule has 0 bridgehead atoms. The van der Waals surface area contributed by atoms with Crippen molar-refractivity contribution in [2.45, 2.75) is 19.3 Å². The molecule has 0 saturated carbocycles. The van der Waals surface area contributed by atoms with Gasteiger partial charge in [0.05, 0.1) is 0 Å². The van der Waals surface area contributed by atoms with E-state index >= 15 is 0 Å². The van der Waals surface area contributed by atoms with E-state index in [2.05, 4.69) is 26.0 Å². The Morgan fingerprint density at radius 1 is 0.889 bits per heavy atom. The van der Waals surface area contributed by atoms with Gasteiger partial charge in [-0.1, -0.05) is 24.3 Å². The standard InChI is InChI=1S/C9H14/c1-3-5-7-9-8-6-4-2/h3-6H,1-2,7-9H2. The molecule has 0 fully saturated rings. The molecule has 0 amide bonds. The maximum atomic E-state index is 3.59. The highest BCUT2D eigenvalue weighted by atomic mass is 13.8. The molecule has 0 aromatic rings. The van der Waals surface area contributed by atoms with Gasteiger partial charge in [0.25, 0.3) is 0 Å². The molecule has 0 saturated heterocycles. The molecule has 0 spiro atoms. The number of hydrogen-bond donors (Lipinski definition) is 0. The number of rotatable bonds is 4. The van der Waals surface area contributed by atoms with E-state index < -0.39 is 0 Å². The van der Waals surface area contributed by atoms with Crippen LogP contribution in [0.2, 0.25) is 0 Å². The molecular weight excluding hydrogens is 108 g/mol. The lowest BCUT2D eigenvalue weighted by atomic mass is 10.2. The highest BCUT2D eigenvalue weighted by Crippen LogP contribution is 1.96. The van der Waals surface area contributed by atoms with Gasteiger partial charge >= 0.3 is 0 Å². The monoisotopic (exact) mass is 122 g/mol. The lowest BCUT2D eigenvalue weighted by molar-refractivity contribution is 0.868. The second kappa shape index (κ2) is 7.48. The van der Waals surface area contributed by atoms with Crippen molar-refractivity contribution >= 4 is 0 Å². The fourth-order valence-electron chi connectivity index (χ4n) is 0.589. The molecule has 0 heteroatoms. The Kier molecular flexibility index (Phi) is 7.05. The summed E-state index contributed by atoms with van der Waals surface area (Å²) in [5, 5.41) is 0. The minimum Gasteiger partial charge on any atom is -0.0885 e. The molecule has 0 aliphatic heterocycles. The fourth-order valence-corrected chi connectivity index (χ4v) is 0.589. The Morgan fingerprint density at radius 2 is 1.33 bits per heavy atom. The van der Waals surface area contributed by atoms with Gasteiger partial charge in [0.2, 0.25) is 0 Å². The van der Waals surface area contributed by atoms with Gasteiger partial charge in [0.1, 0.15) is 0 Å². The molecule has 0 rings (SSSR count). The molecule has 0 aliphatic carbocycles. The Labute approximate surface area is 58.3 Å². The number of unbranched alkanes of at least 4 members (excludes halogenated alkanes) is 2. The van der Waals surface area contributed by atoms with Crippen LogP contribution in [0.4, 0.5) is 0 Å². The first kappa shape index (κ1) is 8.48. The third-order valence-corrected chi connectivity index (χ3v) is 1.07. The molecule has 0 aromatic heterocycles. The SMILES string of the molecule is [CH2]C=CCCCC=C[CH2]. The number of allylic oxidation sites excluding steroid dienone is 4.